The Morgan fingerprint density at radius 2 is 2.00 bits per heavy atom. The molecule has 24 heavy (non-hydrogen) atoms. The quantitative estimate of drug-likeness (QED) is 0.565. The predicted molar refractivity (Wildman–Crippen MR) is 95.8 cm³/mol. The minimum Gasteiger partial charge on any atom is -0.462 e. The standard InChI is InChI=1S/C18H24N4O2/c1-4-6-11-19-16-12-13(3)20-18(22-16)21-15-10-8-7-9-14(15)17(23)24-5-2/h7-10,12H,4-6,11H2,1-3H3,(H2,19,20,21,22). The Kier molecular flexibility index (Phi) is 6.54. The van der Waals surface area contributed by atoms with Gasteiger partial charge < -0.3 is 15.4 Å². The summed E-state index contributed by atoms with van der Waals surface area (Å²) in [6.07, 6.45) is 2.20. The number of nitrogens with one attached hydrogen (secondary N) is 2. The number of esters is 1. The van der Waals surface area contributed by atoms with Crippen LogP contribution in [0, 0.1) is 6.92 Å². The number of hydrogen-bond donors (Lipinski definition) is 2. The second-order valence-corrected chi connectivity index (χ2v) is 5.39. The van der Waals surface area contributed by atoms with E-state index >= 15 is 0 Å². The highest BCUT2D eigenvalue weighted by Gasteiger charge is 2.13. The van der Waals surface area contributed by atoms with Crippen molar-refractivity contribution in [2.75, 3.05) is 23.8 Å². The van der Waals surface area contributed by atoms with Crippen LogP contribution >= 0.6 is 0 Å². The molecule has 0 unspecified atom stereocenters. The molecule has 128 valence electrons. The van der Waals surface area contributed by atoms with Crippen LogP contribution in [0.4, 0.5) is 17.5 Å². The fourth-order valence-corrected chi connectivity index (χ4v) is 2.21. The summed E-state index contributed by atoms with van der Waals surface area (Å²) in [4.78, 5) is 20.9. The summed E-state index contributed by atoms with van der Waals surface area (Å²) in [5.74, 6) is 0.854. The first-order valence-corrected chi connectivity index (χ1v) is 8.26. The van der Waals surface area contributed by atoms with Gasteiger partial charge in [0.1, 0.15) is 5.82 Å². The van der Waals surface area contributed by atoms with Crippen LogP contribution in [0.1, 0.15) is 42.7 Å². The molecule has 0 saturated carbocycles. The summed E-state index contributed by atoms with van der Waals surface area (Å²) in [6, 6.07) is 9.07. The smallest absolute Gasteiger partial charge is 0.340 e. The van der Waals surface area contributed by atoms with Gasteiger partial charge in [0, 0.05) is 18.3 Å². The van der Waals surface area contributed by atoms with Crippen molar-refractivity contribution in [3.63, 3.8) is 0 Å². The summed E-state index contributed by atoms with van der Waals surface area (Å²) in [6.45, 7) is 7.04. The molecule has 0 bridgehead atoms. The largest absolute Gasteiger partial charge is 0.462 e. The Morgan fingerprint density at radius 1 is 1.21 bits per heavy atom. The van der Waals surface area contributed by atoms with Crippen LogP contribution in [0.2, 0.25) is 0 Å². The normalized spacial score (nSPS) is 10.3. The van der Waals surface area contributed by atoms with Gasteiger partial charge in [0.05, 0.1) is 17.9 Å². The van der Waals surface area contributed by atoms with Gasteiger partial charge in [-0.25, -0.2) is 9.78 Å². The molecule has 0 radical (unpaired) electrons. The van der Waals surface area contributed by atoms with E-state index in [4.69, 9.17) is 4.74 Å². The van der Waals surface area contributed by atoms with Crippen molar-refractivity contribution in [2.45, 2.75) is 33.6 Å². The molecule has 0 amide bonds. The molecular formula is C18H24N4O2. The first-order chi connectivity index (χ1) is 11.6. The number of rotatable bonds is 8. The highest BCUT2D eigenvalue weighted by molar-refractivity contribution is 5.96. The molecule has 6 nitrogen and oxygen atoms in total. The molecule has 0 atom stereocenters. The lowest BCUT2D eigenvalue weighted by Crippen LogP contribution is -2.10. The monoisotopic (exact) mass is 328 g/mol. The zero-order valence-corrected chi connectivity index (χ0v) is 14.4. The number of benzene rings is 1. The number of unbranched alkanes of at least 4 members (excludes halogenated alkanes) is 1. The van der Waals surface area contributed by atoms with Crippen LogP contribution in [0.5, 0.6) is 0 Å². The van der Waals surface area contributed by atoms with Crippen molar-refractivity contribution >= 4 is 23.4 Å². The summed E-state index contributed by atoms with van der Waals surface area (Å²) in [7, 11) is 0. The van der Waals surface area contributed by atoms with Crippen LogP contribution < -0.4 is 10.6 Å². The van der Waals surface area contributed by atoms with Crippen molar-refractivity contribution in [2.24, 2.45) is 0 Å². The average molecular weight is 328 g/mol. The number of carbonyl (C=O) groups is 1. The summed E-state index contributed by atoms with van der Waals surface area (Å²) < 4.78 is 5.09. The Morgan fingerprint density at radius 3 is 2.75 bits per heavy atom. The molecule has 1 aromatic carbocycles. The van der Waals surface area contributed by atoms with E-state index in [0.717, 1.165) is 30.9 Å². The van der Waals surface area contributed by atoms with Crippen molar-refractivity contribution in [3.8, 4) is 0 Å². The van der Waals surface area contributed by atoms with Gasteiger partial charge in [0.15, 0.2) is 0 Å². The van der Waals surface area contributed by atoms with Gasteiger partial charge in [-0.3, -0.25) is 0 Å². The van der Waals surface area contributed by atoms with E-state index in [0.29, 0.717) is 23.8 Å². The van der Waals surface area contributed by atoms with Crippen molar-refractivity contribution < 1.29 is 9.53 Å². The molecular weight excluding hydrogens is 304 g/mol. The highest BCUT2D eigenvalue weighted by Crippen LogP contribution is 2.21. The predicted octanol–water partition coefficient (Wildman–Crippen LogP) is 3.92. The van der Waals surface area contributed by atoms with E-state index in [1.807, 2.05) is 25.1 Å². The van der Waals surface area contributed by atoms with Crippen molar-refractivity contribution in [1.29, 1.82) is 0 Å². The van der Waals surface area contributed by atoms with Gasteiger partial charge in [-0.1, -0.05) is 25.5 Å². The second kappa shape index (κ2) is 8.86. The fourth-order valence-electron chi connectivity index (χ4n) is 2.21. The summed E-state index contributed by atoms with van der Waals surface area (Å²) in [5.41, 5.74) is 1.94. The van der Waals surface area contributed by atoms with Gasteiger partial charge in [0.25, 0.3) is 0 Å². The van der Waals surface area contributed by atoms with Gasteiger partial charge in [-0.15, -0.1) is 0 Å². The summed E-state index contributed by atoms with van der Waals surface area (Å²) >= 11 is 0. The van der Waals surface area contributed by atoms with Gasteiger partial charge in [-0.05, 0) is 32.4 Å². The Bertz CT molecular complexity index is 688. The molecule has 0 spiro atoms. The van der Waals surface area contributed by atoms with Crippen molar-refractivity contribution in [1.82, 2.24) is 9.97 Å². The van der Waals surface area contributed by atoms with E-state index in [1.165, 1.54) is 0 Å². The van der Waals surface area contributed by atoms with Crippen LogP contribution in [0.15, 0.2) is 30.3 Å². The zero-order valence-electron chi connectivity index (χ0n) is 14.4. The minimum absolute atomic E-state index is 0.333. The number of ether oxygens (including phenoxy) is 1. The van der Waals surface area contributed by atoms with Crippen LogP contribution in [0.3, 0.4) is 0 Å². The van der Waals surface area contributed by atoms with Crippen LogP contribution in [-0.2, 0) is 4.74 Å². The third-order valence-corrected chi connectivity index (χ3v) is 3.36. The molecule has 2 aromatic rings. The molecule has 0 saturated heterocycles. The topological polar surface area (TPSA) is 76.1 Å². The lowest BCUT2D eigenvalue weighted by atomic mass is 10.2. The Labute approximate surface area is 142 Å². The summed E-state index contributed by atoms with van der Waals surface area (Å²) in [5, 5.41) is 6.41. The first-order valence-electron chi connectivity index (χ1n) is 8.26. The third kappa shape index (κ3) is 4.94. The molecule has 0 aliphatic heterocycles. The first kappa shape index (κ1) is 17.7. The van der Waals surface area contributed by atoms with Gasteiger partial charge in [0.2, 0.25) is 5.95 Å². The number of anilines is 3. The molecule has 1 aromatic heterocycles. The molecule has 0 fully saturated rings. The van der Waals surface area contributed by atoms with E-state index in [1.54, 1.807) is 19.1 Å². The Balaban J connectivity index is 2.20. The van der Waals surface area contributed by atoms with Crippen LogP contribution in [0.25, 0.3) is 0 Å². The number of nitrogens with zero attached hydrogens (tertiary/aromatic N) is 2. The Hall–Kier alpha value is -2.63. The molecule has 0 aliphatic rings. The second-order valence-electron chi connectivity index (χ2n) is 5.39. The molecule has 2 N–H and O–H groups in total. The molecule has 6 heteroatoms. The average Bonchev–Trinajstić information content (AvgIpc) is 2.55. The number of hydrogen-bond acceptors (Lipinski definition) is 6. The van der Waals surface area contributed by atoms with Gasteiger partial charge >= 0.3 is 5.97 Å². The molecule has 1 heterocycles. The van der Waals surface area contributed by atoms with E-state index in [9.17, 15) is 4.79 Å². The fraction of sp³-hybridized carbons (Fsp3) is 0.389. The maximum Gasteiger partial charge on any atom is 0.340 e. The van der Waals surface area contributed by atoms with Gasteiger partial charge in [-0.2, -0.15) is 4.98 Å². The van der Waals surface area contributed by atoms with Crippen molar-refractivity contribution in [3.05, 3.63) is 41.6 Å². The third-order valence-electron chi connectivity index (χ3n) is 3.36. The number of aromatic nitrogens is 2. The maximum absolute atomic E-state index is 12.0. The van der Waals surface area contributed by atoms with E-state index in [2.05, 4.69) is 27.5 Å². The van der Waals surface area contributed by atoms with E-state index < -0.39 is 0 Å². The highest BCUT2D eigenvalue weighted by atomic mass is 16.5. The molecule has 0 aliphatic carbocycles. The number of para-hydroxylation sites is 1. The number of aryl methyl sites for hydroxylation is 1. The lowest BCUT2D eigenvalue weighted by molar-refractivity contribution is 0.0527. The number of carbonyl (C=O) groups excluding carboxylic acids is 1. The zero-order chi connectivity index (χ0) is 17.4. The maximum atomic E-state index is 12.0. The van der Waals surface area contributed by atoms with Crippen LogP contribution in [-0.4, -0.2) is 29.1 Å². The lowest BCUT2D eigenvalue weighted by Gasteiger charge is -2.12. The van der Waals surface area contributed by atoms with E-state index in [-0.39, 0.29) is 5.97 Å². The minimum atomic E-state index is -0.366. The molecule has 2 rings (SSSR count). The SMILES string of the molecule is CCCCNc1cc(C)nc(Nc2ccccc2C(=O)OCC)n1.